The average molecular weight is 342 g/mol. The molecule has 0 atom stereocenters. The van der Waals surface area contributed by atoms with Crippen LogP contribution >= 0.6 is 0 Å². The van der Waals surface area contributed by atoms with E-state index in [4.69, 9.17) is 0 Å². The van der Waals surface area contributed by atoms with Gasteiger partial charge in [0.25, 0.3) is 0 Å². The first-order chi connectivity index (χ1) is 12.7. The van der Waals surface area contributed by atoms with E-state index in [0.717, 1.165) is 35.0 Å². The maximum absolute atomic E-state index is 9.19. The third kappa shape index (κ3) is 2.60. The lowest BCUT2D eigenvalue weighted by Gasteiger charge is -2.21. The molecular formula is C20H18N6. The Bertz CT molecular complexity index is 1100. The predicted molar refractivity (Wildman–Crippen MR) is 101 cm³/mol. The fourth-order valence-corrected chi connectivity index (χ4v) is 3.03. The molecule has 128 valence electrons. The lowest BCUT2D eigenvalue weighted by Crippen LogP contribution is -2.15. The van der Waals surface area contributed by atoms with Gasteiger partial charge in [-0.25, -0.2) is 4.98 Å². The van der Waals surface area contributed by atoms with Gasteiger partial charge in [0.2, 0.25) is 0 Å². The summed E-state index contributed by atoms with van der Waals surface area (Å²) in [5, 5.41) is 13.6. The second-order valence-electron chi connectivity index (χ2n) is 6.01. The predicted octanol–water partition coefficient (Wildman–Crippen LogP) is 3.72. The normalized spacial score (nSPS) is 10.8. The highest BCUT2D eigenvalue weighted by atomic mass is 15.3. The van der Waals surface area contributed by atoms with E-state index in [1.165, 1.54) is 0 Å². The third-order valence-electron chi connectivity index (χ3n) is 4.48. The molecule has 0 aliphatic rings. The van der Waals surface area contributed by atoms with Gasteiger partial charge in [0, 0.05) is 42.4 Å². The molecule has 0 spiro atoms. The van der Waals surface area contributed by atoms with Crippen LogP contribution in [-0.2, 0) is 6.42 Å². The number of fused-ring (bicyclic) bond motifs is 1. The second kappa shape index (κ2) is 6.37. The van der Waals surface area contributed by atoms with Crippen molar-refractivity contribution in [2.45, 2.75) is 13.3 Å². The van der Waals surface area contributed by atoms with E-state index < -0.39 is 0 Å². The van der Waals surface area contributed by atoms with Crippen LogP contribution in [0.5, 0.6) is 0 Å². The molecule has 6 heteroatoms. The Balaban J connectivity index is 1.72. The first kappa shape index (κ1) is 15.9. The van der Waals surface area contributed by atoms with Crippen LogP contribution in [0, 0.1) is 11.3 Å². The molecule has 0 fully saturated rings. The van der Waals surface area contributed by atoms with Gasteiger partial charge in [-0.1, -0.05) is 6.92 Å². The SMILES string of the molecule is CCc1cc(N(C)c2ccc(-n3cccc3C#N)cc2)n2nccc2n1. The largest absolute Gasteiger partial charge is 0.329 e. The fourth-order valence-electron chi connectivity index (χ4n) is 3.03. The smallest absolute Gasteiger partial charge is 0.157 e. The van der Waals surface area contributed by atoms with Crippen LogP contribution in [0.25, 0.3) is 11.3 Å². The number of nitriles is 1. The van der Waals surface area contributed by atoms with E-state index in [9.17, 15) is 5.26 Å². The van der Waals surface area contributed by atoms with Gasteiger partial charge in [0.15, 0.2) is 5.65 Å². The highest BCUT2D eigenvalue weighted by Gasteiger charge is 2.12. The van der Waals surface area contributed by atoms with E-state index in [0.29, 0.717) is 5.69 Å². The number of benzene rings is 1. The summed E-state index contributed by atoms with van der Waals surface area (Å²) in [5.74, 6) is 0.961. The molecule has 0 unspecified atom stereocenters. The molecule has 0 amide bonds. The Morgan fingerprint density at radius 2 is 1.96 bits per heavy atom. The van der Waals surface area contributed by atoms with Crippen molar-refractivity contribution in [2.24, 2.45) is 0 Å². The van der Waals surface area contributed by atoms with Crippen LogP contribution in [0.15, 0.2) is 60.9 Å². The summed E-state index contributed by atoms with van der Waals surface area (Å²) in [6.07, 6.45) is 4.52. The Morgan fingerprint density at radius 3 is 2.69 bits per heavy atom. The topological polar surface area (TPSA) is 62.2 Å². The van der Waals surface area contributed by atoms with Crippen LogP contribution in [0.2, 0.25) is 0 Å². The number of hydrogen-bond donors (Lipinski definition) is 0. The van der Waals surface area contributed by atoms with Crippen LogP contribution in [0.4, 0.5) is 11.5 Å². The Kier molecular flexibility index (Phi) is 3.90. The van der Waals surface area contributed by atoms with Gasteiger partial charge in [-0.15, -0.1) is 0 Å². The maximum Gasteiger partial charge on any atom is 0.157 e. The van der Waals surface area contributed by atoms with Gasteiger partial charge in [0.1, 0.15) is 17.6 Å². The van der Waals surface area contributed by atoms with E-state index in [2.05, 4.69) is 34.0 Å². The lowest BCUT2D eigenvalue weighted by molar-refractivity contribution is 0.890. The van der Waals surface area contributed by atoms with Gasteiger partial charge in [-0.05, 0) is 42.8 Å². The van der Waals surface area contributed by atoms with Crippen LogP contribution < -0.4 is 4.90 Å². The fraction of sp³-hybridized carbons (Fsp3) is 0.150. The van der Waals surface area contributed by atoms with E-state index in [1.807, 2.05) is 58.7 Å². The number of rotatable bonds is 4. The Hall–Kier alpha value is -3.59. The number of nitrogens with zero attached hydrogens (tertiary/aromatic N) is 6. The molecule has 4 rings (SSSR count). The zero-order chi connectivity index (χ0) is 18.1. The number of aromatic nitrogens is 4. The minimum Gasteiger partial charge on any atom is -0.329 e. The van der Waals surface area contributed by atoms with E-state index in [-0.39, 0.29) is 0 Å². The number of aryl methyl sites for hydroxylation is 1. The Labute approximate surface area is 151 Å². The molecule has 3 heterocycles. The summed E-state index contributed by atoms with van der Waals surface area (Å²) in [4.78, 5) is 6.69. The van der Waals surface area contributed by atoms with Crippen molar-refractivity contribution in [2.75, 3.05) is 11.9 Å². The summed E-state index contributed by atoms with van der Waals surface area (Å²) in [6.45, 7) is 2.09. The van der Waals surface area contributed by atoms with Crippen LogP contribution in [-0.4, -0.2) is 26.2 Å². The molecular weight excluding hydrogens is 324 g/mol. The molecule has 0 bridgehead atoms. The van der Waals surface area contributed by atoms with Crippen molar-refractivity contribution in [3.05, 3.63) is 72.3 Å². The van der Waals surface area contributed by atoms with Crippen LogP contribution in [0.1, 0.15) is 18.3 Å². The molecule has 0 N–H and O–H groups in total. The molecule has 0 saturated heterocycles. The highest BCUT2D eigenvalue weighted by molar-refractivity contribution is 5.63. The van der Waals surface area contributed by atoms with Gasteiger partial charge >= 0.3 is 0 Å². The van der Waals surface area contributed by atoms with Gasteiger partial charge in [-0.3, -0.25) is 0 Å². The summed E-state index contributed by atoms with van der Waals surface area (Å²) >= 11 is 0. The van der Waals surface area contributed by atoms with Crippen molar-refractivity contribution in [1.82, 2.24) is 19.2 Å². The average Bonchev–Trinajstić information content (AvgIpc) is 3.35. The summed E-state index contributed by atoms with van der Waals surface area (Å²) in [6, 6.07) is 17.9. The van der Waals surface area contributed by atoms with E-state index in [1.54, 1.807) is 12.3 Å². The Morgan fingerprint density at radius 1 is 1.15 bits per heavy atom. The molecule has 6 nitrogen and oxygen atoms in total. The van der Waals surface area contributed by atoms with Crippen molar-refractivity contribution < 1.29 is 0 Å². The minimum absolute atomic E-state index is 0.617. The standard InChI is InChI=1S/C20H18N6/c1-3-15-13-20(26-19(23-15)10-11-22-26)24(2)16-6-8-17(9-7-16)25-12-4-5-18(25)14-21/h4-13H,3H2,1-2H3. The lowest BCUT2D eigenvalue weighted by atomic mass is 10.2. The molecule has 0 saturated carbocycles. The number of anilines is 2. The number of hydrogen-bond acceptors (Lipinski definition) is 4. The molecule has 4 aromatic rings. The van der Waals surface area contributed by atoms with E-state index >= 15 is 0 Å². The quantitative estimate of drug-likeness (QED) is 0.567. The molecule has 26 heavy (non-hydrogen) atoms. The maximum atomic E-state index is 9.19. The summed E-state index contributed by atoms with van der Waals surface area (Å²) < 4.78 is 3.71. The van der Waals surface area contributed by atoms with Gasteiger partial charge < -0.3 is 9.47 Å². The molecule has 3 aromatic heterocycles. The second-order valence-corrected chi connectivity index (χ2v) is 6.01. The van der Waals surface area contributed by atoms with Crippen molar-refractivity contribution in [1.29, 1.82) is 5.26 Å². The van der Waals surface area contributed by atoms with Gasteiger partial charge in [0.05, 0.1) is 6.20 Å². The van der Waals surface area contributed by atoms with Crippen molar-refractivity contribution in [3.63, 3.8) is 0 Å². The first-order valence-electron chi connectivity index (χ1n) is 8.46. The van der Waals surface area contributed by atoms with Crippen molar-refractivity contribution >= 4 is 17.2 Å². The summed E-state index contributed by atoms with van der Waals surface area (Å²) in [7, 11) is 2.02. The minimum atomic E-state index is 0.617. The molecule has 0 radical (unpaired) electrons. The van der Waals surface area contributed by atoms with Crippen molar-refractivity contribution in [3.8, 4) is 11.8 Å². The molecule has 0 aliphatic carbocycles. The third-order valence-corrected chi connectivity index (χ3v) is 4.48. The monoisotopic (exact) mass is 342 g/mol. The van der Waals surface area contributed by atoms with Gasteiger partial charge in [-0.2, -0.15) is 14.9 Å². The zero-order valence-corrected chi connectivity index (χ0v) is 14.7. The zero-order valence-electron chi connectivity index (χ0n) is 14.7. The van der Waals surface area contributed by atoms with Crippen LogP contribution in [0.3, 0.4) is 0 Å². The first-order valence-corrected chi connectivity index (χ1v) is 8.46. The molecule has 0 aliphatic heterocycles. The summed E-state index contributed by atoms with van der Waals surface area (Å²) in [5.41, 5.74) is 4.48. The molecule has 1 aromatic carbocycles. The highest BCUT2D eigenvalue weighted by Crippen LogP contribution is 2.26.